The Kier molecular flexibility index (Phi) is 2.76. The van der Waals surface area contributed by atoms with Crippen LogP contribution in [0.3, 0.4) is 0 Å². The van der Waals surface area contributed by atoms with E-state index in [4.69, 9.17) is 4.74 Å². The largest absolute Gasteiger partial charge is 0.426 e. The van der Waals surface area contributed by atoms with E-state index in [0.29, 0.717) is 5.92 Å². The van der Waals surface area contributed by atoms with Gasteiger partial charge in [0.1, 0.15) is 5.75 Å². The van der Waals surface area contributed by atoms with Gasteiger partial charge in [-0.25, -0.2) is 0 Å². The topological polar surface area (TPSA) is 26.3 Å². The van der Waals surface area contributed by atoms with Crippen LogP contribution in [-0.2, 0) is 4.79 Å². The Labute approximate surface area is 90.3 Å². The molecule has 2 rings (SSSR count). The quantitative estimate of drug-likeness (QED) is 0.558. The summed E-state index contributed by atoms with van der Waals surface area (Å²) >= 11 is 0. The third kappa shape index (κ3) is 2.38. The van der Waals surface area contributed by atoms with Crippen molar-refractivity contribution >= 4 is 5.97 Å². The summed E-state index contributed by atoms with van der Waals surface area (Å²) in [6.45, 7) is 3.70. The highest BCUT2D eigenvalue weighted by Gasteiger charge is 2.27. The first kappa shape index (κ1) is 10.2. The van der Waals surface area contributed by atoms with Gasteiger partial charge in [-0.05, 0) is 30.4 Å². The maximum Gasteiger partial charge on any atom is 0.313 e. The van der Waals surface area contributed by atoms with Crippen molar-refractivity contribution in [2.75, 3.05) is 0 Å². The molecule has 0 saturated heterocycles. The van der Waals surface area contributed by atoms with Crippen LogP contribution in [0.15, 0.2) is 24.3 Å². The van der Waals surface area contributed by atoms with Crippen molar-refractivity contribution in [1.82, 2.24) is 0 Å². The van der Waals surface area contributed by atoms with Crippen LogP contribution in [0.4, 0.5) is 0 Å². The third-order valence-electron chi connectivity index (χ3n) is 2.62. The number of esters is 1. The molecular weight excluding hydrogens is 188 g/mol. The summed E-state index contributed by atoms with van der Waals surface area (Å²) in [6, 6.07) is 7.85. The second kappa shape index (κ2) is 4.05. The van der Waals surface area contributed by atoms with Gasteiger partial charge in [0.15, 0.2) is 0 Å². The average Bonchev–Trinajstić information content (AvgIpc) is 3.02. The van der Waals surface area contributed by atoms with Crippen molar-refractivity contribution in [1.29, 1.82) is 0 Å². The van der Waals surface area contributed by atoms with Gasteiger partial charge in [0.2, 0.25) is 0 Å². The predicted molar refractivity (Wildman–Crippen MR) is 58.9 cm³/mol. The Hall–Kier alpha value is -1.31. The highest BCUT2D eigenvalue weighted by atomic mass is 16.5. The van der Waals surface area contributed by atoms with Crippen LogP contribution in [-0.4, -0.2) is 5.97 Å². The molecule has 1 aromatic carbocycles. The van der Waals surface area contributed by atoms with E-state index in [1.807, 2.05) is 32.0 Å². The number of benzene rings is 1. The van der Waals surface area contributed by atoms with E-state index in [-0.39, 0.29) is 11.9 Å². The second-order valence-corrected chi connectivity index (χ2v) is 4.39. The maximum absolute atomic E-state index is 11.5. The first-order valence-corrected chi connectivity index (χ1v) is 5.49. The van der Waals surface area contributed by atoms with Gasteiger partial charge in [0, 0.05) is 0 Å². The van der Waals surface area contributed by atoms with E-state index < -0.39 is 0 Å². The first-order chi connectivity index (χ1) is 7.18. The molecule has 0 radical (unpaired) electrons. The fraction of sp³-hybridized carbons (Fsp3) is 0.462. The first-order valence-electron chi connectivity index (χ1n) is 5.49. The lowest BCUT2D eigenvalue weighted by Crippen LogP contribution is -2.15. The summed E-state index contributed by atoms with van der Waals surface area (Å²) in [5.41, 5.74) is 1.19. The summed E-state index contributed by atoms with van der Waals surface area (Å²) in [7, 11) is 0. The molecule has 0 unspecified atom stereocenters. The highest BCUT2D eigenvalue weighted by molar-refractivity contribution is 5.74. The Balaban J connectivity index is 2.16. The molecule has 1 aromatic rings. The molecule has 1 aliphatic carbocycles. The highest BCUT2D eigenvalue weighted by Crippen LogP contribution is 2.44. The molecule has 0 aromatic heterocycles. The van der Waals surface area contributed by atoms with Crippen LogP contribution >= 0.6 is 0 Å². The smallest absolute Gasteiger partial charge is 0.313 e. The van der Waals surface area contributed by atoms with Crippen molar-refractivity contribution in [3.8, 4) is 5.75 Å². The van der Waals surface area contributed by atoms with Gasteiger partial charge >= 0.3 is 5.97 Å². The van der Waals surface area contributed by atoms with E-state index in [9.17, 15) is 4.79 Å². The zero-order valence-corrected chi connectivity index (χ0v) is 9.19. The summed E-state index contributed by atoms with van der Waals surface area (Å²) in [5, 5.41) is 0. The molecule has 15 heavy (non-hydrogen) atoms. The molecule has 0 heterocycles. The number of hydrogen-bond donors (Lipinski definition) is 0. The van der Waals surface area contributed by atoms with Gasteiger partial charge < -0.3 is 4.74 Å². The van der Waals surface area contributed by atoms with Gasteiger partial charge in [-0.1, -0.05) is 32.0 Å². The lowest BCUT2D eigenvalue weighted by Gasteiger charge is -2.10. The number of ether oxygens (including phenoxy) is 1. The summed E-state index contributed by atoms with van der Waals surface area (Å²) in [4.78, 5) is 11.5. The number of hydrogen-bond acceptors (Lipinski definition) is 2. The van der Waals surface area contributed by atoms with Crippen molar-refractivity contribution < 1.29 is 9.53 Å². The Morgan fingerprint density at radius 2 is 2.00 bits per heavy atom. The van der Waals surface area contributed by atoms with Crippen molar-refractivity contribution in [2.45, 2.75) is 32.6 Å². The average molecular weight is 204 g/mol. The van der Waals surface area contributed by atoms with Crippen LogP contribution in [0.2, 0.25) is 0 Å². The lowest BCUT2D eigenvalue weighted by molar-refractivity contribution is -0.137. The van der Waals surface area contributed by atoms with Crippen molar-refractivity contribution in [3.05, 3.63) is 29.8 Å². The predicted octanol–water partition coefficient (Wildman–Crippen LogP) is 3.13. The molecule has 2 nitrogen and oxygen atoms in total. The molecule has 0 spiro atoms. The summed E-state index contributed by atoms with van der Waals surface area (Å²) in [6.07, 6.45) is 2.44. The van der Waals surface area contributed by atoms with Crippen LogP contribution < -0.4 is 4.74 Å². The van der Waals surface area contributed by atoms with Gasteiger partial charge in [-0.2, -0.15) is 0 Å². The molecule has 0 bridgehead atoms. The number of carbonyl (C=O) groups is 1. The van der Waals surface area contributed by atoms with Gasteiger partial charge in [0.25, 0.3) is 0 Å². The zero-order chi connectivity index (χ0) is 10.8. The van der Waals surface area contributed by atoms with E-state index >= 15 is 0 Å². The molecule has 2 heteroatoms. The van der Waals surface area contributed by atoms with Crippen molar-refractivity contribution in [2.24, 2.45) is 5.92 Å². The molecule has 0 aliphatic heterocycles. The SMILES string of the molecule is CC(C)C(=O)Oc1ccccc1C1CC1. The third-order valence-corrected chi connectivity index (χ3v) is 2.62. The Morgan fingerprint density at radius 1 is 1.33 bits per heavy atom. The molecule has 1 saturated carbocycles. The molecule has 1 aliphatic rings. The number of rotatable bonds is 3. The number of para-hydroxylation sites is 1. The van der Waals surface area contributed by atoms with Gasteiger partial charge in [0.05, 0.1) is 5.92 Å². The minimum Gasteiger partial charge on any atom is -0.426 e. The normalized spacial score (nSPS) is 15.4. The van der Waals surface area contributed by atoms with Gasteiger partial charge in [-0.15, -0.1) is 0 Å². The summed E-state index contributed by atoms with van der Waals surface area (Å²) in [5.74, 6) is 1.14. The molecule has 80 valence electrons. The van der Waals surface area contributed by atoms with Crippen LogP contribution in [0, 0.1) is 5.92 Å². The minimum absolute atomic E-state index is 0.0720. The van der Waals surface area contributed by atoms with Crippen LogP contribution in [0.1, 0.15) is 38.2 Å². The molecule has 1 fully saturated rings. The zero-order valence-electron chi connectivity index (χ0n) is 9.19. The van der Waals surface area contributed by atoms with Crippen molar-refractivity contribution in [3.63, 3.8) is 0 Å². The monoisotopic (exact) mass is 204 g/mol. The maximum atomic E-state index is 11.5. The van der Waals surface area contributed by atoms with E-state index in [2.05, 4.69) is 6.07 Å². The van der Waals surface area contributed by atoms with Crippen LogP contribution in [0.5, 0.6) is 5.75 Å². The van der Waals surface area contributed by atoms with E-state index in [0.717, 1.165) is 5.75 Å². The fourth-order valence-corrected chi connectivity index (χ4v) is 1.53. The van der Waals surface area contributed by atoms with Gasteiger partial charge in [-0.3, -0.25) is 4.79 Å². The van der Waals surface area contributed by atoms with E-state index in [1.54, 1.807) is 0 Å². The fourth-order valence-electron chi connectivity index (χ4n) is 1.53. The molecular formula is C13H16O2. The second-order valence-electron chi connectivity index (χ2n) is 4.39. The molecule has 0 amide bonds. The lowest BCUT2D eigenvalue weighted by atomic mass is 10.1. The van der Waals surface area contributed by atoms with Crippen LogP contribution in [0.25, 0.3) is 0 Å². The minimum atomic E-state index is -0.150. The number of carbonyl (C=O) groups excluding carboxylic acids is 1. The molecule has 0 N–H and O–H groups in total. The van der Waals surface area contributed by atoms with E-state index in [1.165, 1.54) is 18.4 Å². The molecule has 0 atom stereocenters. The Morgan fingerprint density at radius 3 is 2.60 bits per heavy atom. The summed E-state index contributed by atoms with van der Waals surface area (Å²) < 4.78 is 5.37. The Bertz CT molecular complexity index is 365. The standard InChI is InChI=1S/C13H16O2/c1-9(2)13(14)15-12-6-4-3-5-11(12)10-7-8-10/h3-6,9-10H,7-8H2,1-2H3.